The summed E-state index contributed by atoms with van der Waals surface area (Å²) in [5, 5.41) is 0. The highest BCUT2D eigenvalue weighted by molar-refractivity contribution is 5.79. The Kier molecular flexibility index (Phi) is 6.05. The normalized spacial score (nSPS) is 24.6. The first-order valence-corrected chi connectivity index (χ1v) is 7.70. The fraction of sp³-hybridized carbons (Fsp3) is 0.929. The van der Waals surface area contributed by atoms with Crippen LogP contribution in [0, 0.1) is 5.92 Å². The molecular formula is C14H23F3N2O3. The van der Waals surface area contributed by atoms with Crippen LogP contribution in [0.3, 0.4) is 0 Å². The minimum Gasteiger partial charge on any atom is -0.349 e. The highest BCUT2D eigenvalue weighted by Crippen LogP contribution is 2.23. The highest BCUT2D eigenvalue weighted by Gasteiger charge is 2.36. The SMILES string of the molecule is CCN(CC(F)(F)F)C(=O)[C@H]1CCCN(CC2OCCO2)C1. The molecule has 2 heterocycles. The zero-order valence-corrected chi connectivity index (χ0v) is 12.8. The predicted octanol–water partition coefficient (Wildman–Crippen LogP) is 1.48. The molecule has 0 radical (unpaired) electrons. The number of amides is 1. The Labute approximate surface area is 128 Å². The predicted molar refractivity (Wildman–Crippen MR) is 73.2 cm³/mol. The van der Waals surface area contributed by atoms with Crippen LogP contribution in [-0.2, 0) is 14.3 Å². The smallest absolute Gasteiger partial charge is 0.349 e. The van der Waals surface area contributed by atoms with E-state index in [9.17, 15) is 18.0 Å². The van der Waals surface area contributed by atoms with Crippen LogP contribution >= 0.6 is 0 Å². The van der Waals surface area contributed by atoms with Gasteiger partial charge in [-0.15, -0.1) is 0 Å². The minimum atomic E-state index is -4.36. The molecule has 2 aliphatic heterocycles. The summed E-state index contributed by atoms with van der Waals surface area (Å²) in [6, 6.07) is 0. The van der Waals surface area contributed by atoms with Crippen LogP contribution in [0.1, 0.15) is 19.8 Å². The number of carbonyl (C=O) groups excluding carboxylic acids is 1. The van der Waals surface area contributed by atoms with Crippen molar-refractivity contribution in [3.8, 4) is 0 Å². The number of likely N-dealkylation sites (tertiary alicyclic amines) is 1. The third kappa shape index (κ3) is 5.10. The van der Waals surface area contributed by atoms with Crippen LogP contribution < -0.4 is 0 Å². The van der Waals surface area contributed by atoms with Gasteiger partial charge in [0.1, 0.15) is 6.54 Å². The van der Waals surface area contributed by atoms with Gasteiger partial charge in [0.15, 0.2) is 6.29 Å². The lowest BCUT2D eigenvalue weighted by Gasteiger charge is -2.35. The van der Waals surface area contributed by atoms with E-state index in [4.69, 9.17) is 9.47 Å². The van der Waals surface area contributed by atoms with Crippen molar-refractivity contribution in [2.75, 3.05) is 45.9 Å². The molecule has 0 saturated carbocycles. The van der Waals surface area contributed by atoms with Crippen molar-refractivity contribution in [3.05, 3.63) is 0 Å². The zero-order valence-electron chi connectivity index (χ0n) is 12.8. The molecule has 1 amide bonds. The highest BCUT2D eigenvalue weighted by atomic mass is 19.4. The summed E-state index contributed by atoms with van der Waals surface area (Å²) >= 11 is 0. The van der Waals surface area contributed by atoms with Crippen LogP contribution in [0.4, 0.5) is 13.2 Å². The van der Waals surface area contributed by atoms with Gasteiger partial charge in [-0.1, -0.05) is 0 Å². The average Bonchev–Trinajstić information content (AvgIpc) is 2.96. The Hall–Kier alpha value is -0.860. The topological polar surface area (TPSA) is 42.0 Å². The van der Waals surface area contributed by atoms with E-state index in [1.54, 1.807) is 6.92 Å². The van der Waals surface area contributed by atoms with Crippen molar-refractivity contribution < 1.29 is 27.4 Å². The number of rotatable bonds is 5. The van der Waals surface area contributed by atoms with Crippen molar-refractivity contribution in [3.63, 3.8) is 0 Å². The van der Waals surface area contributed by atoms with Crippen LogP contribution in [-0.4, -0.2) is 74.1 Å². The average molecular weight is 324 g/mol. The van der Waals surface area contributed by atoms with Gasteiger partial charge in [-0.3, -0.25) is 9.69 Å². The first-order chi connectivity index (χ1) is 10.4. The van der Waals surface area contributed by atoms with Crippen molar-refractivity contribution >= 4 is 5.91 Å². The minimum absolute atomic E-state index is 0.0731. The Bertz CT molecular complexity index is 373. The van der Waals surface area contributed by atoms with Gasteiger partial charge in [-0.25, -0.2) is 0 Å². The van der Waals surface area contributed by atoms with E-state index in [0.29, 0.717) is 32.7 Å². The second-order valence-corrected chi connectivity index (χ2v) is 5.74. The summed E-state index contributed by atoms with van der Waals surface area (Å²) < 4.78 is 48.3. The molecule has 0 bridgehead atoms. The molecule has 1 atom stereocenters. The summed E-state index contributed by atoms with van der Waals surface area (Å²) in [5.41, 5.74) is 0. The number of hydrogen-bond donors (Lipinski definition) is 0. The standard InChI is InChI=1S/C14H23F3N2O3/c1-2-19(10-14(15,16)17)13(20)11-4-3-5-18(8-11)9-12-21-6-7-22-12/h11-12H,2-10H2,1H3/t11-/m0/s1. The Morgan fingerprint density at radius 2 is 2.00 bits per heavy atom. The summed E-state index contributed by atoms with van der Waals surface area (Å²) in [7, 11) is 0. The van der Waals surface area contributed by atoms with Crippen molar-refractivity contribution in [2.24, 2.45) is 5.92 Å². The van der Waals surface area contributed by atoms with Gasteiger partial charge in [-0.05, 0) is 26.3 Å². The van der Waals surface area contributed by atoms with E-state index < -0.39 is 18.6 Å². The number of hydrogen-bond acceptors (Lipinski definition) is 4. The second kappa shape index (κ2) is 7.61. The molecule has 2 rings (SSSR count). The van der Waals surface area contributed by atoms with Crippen LogP contribution in [0.15, 0.2) is 0 Å². The number of halogens is 3. The summed E-state index contributed by atoms with van der Waals surface area (Å²) in [6.45, 7) is 3.46. The van der Waals surface area contributed by atoms with Crippen molar-refractivity contribution in [1.82, 2.24) is 9.80 Å². The molecule has 128 valence electrons. The van der Waals surface area contributed by atoms with E-state index in [-0.39, 0.29) is 18.8 Å². The van der Waals surface area contributed by atoms with Gasteiger partial charge >= 0.3 is 6.18 Å². The van der Waals surface area contributed by atoms with Crippen molar-refractivity contribution in [2.45, 2.75) is 32.2 Å². The molecule has 0 N–H and O–H groups in total. The molecule has 0 aromatic heterocycles. The van der Waals surface area contributed by atoms with Crippen LogP contribution in [0.2, 0.25) is 0 Å². The van der Waals surface area contributed by atoms with Gasteiger partial charge in [0.05, 0.1) is 19.1 Å². The van der Waals surface area contributed by atoms with Crippen LogP contribution in [0.5, 0.6) is 0 Å². The first kappa shape index (κ1) is 17.5. The van der Waals surface area contributed by atoms with Gasteiger partial charge in [-0.2, -0.15) is 13.2 Å². The fourth-order valence-electron chi connectivity index (χ4n) is 2.97. The maximum atomic E-state index is 12.5. The maximum absolute atomic E-state index is 12.5. The van der Waals surface area contributed by atoms with Gasteiger partial charge < -0.3 is 14.4 Å². The van der Waals surface area contributed by atoms with Crippen molar-refractivity contribution in [1.29, 1.82) is 0 Å². The van der Waals surface area contributed by atoms with Crippen LogP contribution in [0.25, 0.3) is 0 Å². The molecule has 0 aromatic carbocycles. The van der Waals surface area contributed by atoms with Gasteiger partial charge in [0, 0.05) is 19.6 Å². The third-order valence-corrected chi connectivity index (χ3v) is 4.02. The number of piperidine rings is 1. The lowest BCUT2D eigenvalue weighted by atomic mass is 9.96. The zero-order chi connectivity index (χ0) is 16.2. The fourth-order valence-corrected chi connectivity index (χ4v) is 2.97. The molecule has 0 aliphatic carbocycles. The summed E-state index contributed by atoms with van der Waals surface area (Å²) in [6.07, 6.45) is -3.21. The monoisotopic (exact) mass is 324 g/mol. The molecule has 2 aliphatic rings. The maximum Gasteiger partial charge on any atom is 0.406 e. The van der Waals surface area contributed by atoms with Gasteiger partial charge in [0.25, 0.3) is 0 Å². The first-order valence-electron chi connectivity index (χ1n) is 7.70. The molecule has 0 aromatic rings. The largest absolute Gasteiger partial charge is 0.406 e. The number of carbonyl (C=O) groups is 1. The summed E-state index contributed by atoms with van der Waals surface area (Å²) in [4.78, 5) is 15.3. The molecular weight excluding hydrogens is 301 g/mol. The molecule has 22 heavy (non-hydrogen) atoms. The van der Waals surface area contributed by atoms with E-state index in [1.807, 2.05) is 4.90 Å². The van der Waals surface area contributed by atoms with Gasteiger partial charge in [0.2, 0.25) is 5.91 Å². The molecule has 2 saturated heterocycles. The van der Waals surface area contributed by atoms with E-state index in [2.05, 4.69) is 0 Å². The molecule has 0 unspecified atom stereocenters. The number of ether oxygens (including phenoxy) is 2. The molecule has 2 fully saturated rings. The third-order valence-electron chi connectivity index (χ3n) is 4.02. The molecule has 8 heteroatoms. The lowest BCUT2D eigenvalue weighted by molar-refractivity contribution is -0.164. The summed E-state index contributed by atoms with van der Waals surface area (Å²) in [5.74, 6) is -0.782. The Morgan fingerprint density at radius 3 is 2.59 bits per heavy atom. The van der Waals surface area contributed by atoms with E-state index >= 15 is 0 Å². The Balaban J connectivity index is 1.88. The molecule has 5 nitrogen and oxygen atoms in total. The second-order valence-electron chi connectivity index (χ2n) is 5.74. The lowest BCUT2D eigenvalue weighted by Crippen LogP contribution is -2.48. The number of nitrogens with zero attached hydrogens (tertiary/aromatic N) is 2. The Morgan fingerprint density at radius 1 is 1.32 bits per heavy atom. The quantitative estimate of drug-likeness (QED) is 0.768. The van der Waals surface area contributed by atoms with E-state index in [1.165, 1.54) is 0 Å². The number of alkyl halides is 3. The molecule has 0 spiro atoms. The van der Waals surface area contributed by atoms with E-state index in [0.717, 1.165) is 17.9 Å².